The second-order valence-corrected chi connectivity index (χ2v) is 4.17. The predicted octanol–water partition coefficient (Wildman–Crippen LogP) is 1.61. The predicted molar refractivity (Wildman–Crippen MR) is 68.8 cm³/mol. The molecule has 4 nitrogen and oxygen atoms in total. The van der Waals surface area contributed by atoms with Crippen molar-refractivity contribution in [1.82, 2.24) is 4.90 Å². The highest BCUT2D eigenvalue weighted by molar-refractivity contribution is 5.92. The molecule has 0 spiro atoms. The average molecular weight is 272 g/mol. The minimum atomic E-state index is -0.682. The van der Waals surface area contributed by atoms with Crippen molar-refractivity contribution in [3.05, 3.63) is 29.8 Å². The molecule has 0 atom stereocenters. The zero-order chi connectivity index (χ0) is 14.3. The van der Waals surface area contributed by atoms with Crippen LogP contribution in [0.5, 0.6) is 0 Å². The summed E-state index contributed by atoms with van der Waals surface area (Å²) < 4.78 is 26.3. The molecule has 1 rings (SSSR count). The first-order valence-corrected chi connectivity index (χ1v) is 6.15. The molecule has 0 aliphatic carbocycles. The van der Waals surface area contributed by atoms with Gasteiger partial charge in [0.15, 0.2) is 0 Å². The lowest BCUT2D eigenvalue weighted by molar-refractivity contribution is -0.117. The van der Waals surface area contributed by atoms with Gasteiger partial charge in [-0.25, -0.2) is 8.78 Å². The Hall–Kier alpha value is -1.53. The van der Waals surface area contributed by atoms with Gasteiger partial charge in [0.1, 0.15) is 11.6 Å². The van der Waals surface area contributed by atoms with E-state index in [1.54, 1.807) is 4.90 Å². The first kappa shape index (κ1) is 15.5. The molecule has 0 heterocycles. The SMILES string of the molecule is CCCN(CCO)CC(=O)Nc1cc(F)ccc1F. The fourth-order valence-electron chi connectivity index (χ4n) is 1.71. The van der Waals surface area contributed by atoms with Crippen LogP contribution < -0.4 is 5.32 Å². The van der Waals surface area contributed by atoms with Crippen molar-refractivity contribution in [2.75, 3.05) is 31.6 Å². The van der Waals surface area contributed by atoms with Crippen molar-refractivity contribution in [2.24, 2.45) is 0 Å². The number of nitrogens with zero attached hydrogens (tertiary/aromatic N) is 1. The van der Waals surface area contributed by atoms with Gasteiger partial charge in [0, 0.05) is 12.6 Å². The molecule has 0 aliphatic heterocycles. The van der Waals surface area contributed by atoms with Crippen molar-refractivity contribution < 1.29 is 18.7 Å². The monoisotopic (exact) mass is 272 g/mol. The minimum absolute atomic E-state index is 0.0321. The molecule has 2 N–H and O–H groups in total. The molecule has 1 aromatic rings. The van der Waals surface area contributed by atoms with E-state index in [-0.39, 0.29) is 18.8 Å². The topological polar surface area (TPSA) is 52.6 Å². The van der Waals surface area contributed by atoms with Crippen LogP contribution in [-0.2, 0) is 4.79 Å². The molecule has 0 aromatic heterocycles. The summed E-state index contributed by atoms with van der Waals surface area (Å²) in [6.07, 6.45) is 0.835. The number of aliphatic hydroxyl groups is 1. The lowest BCUT2D eigenvalue weighted by Crippen LogP contribution is -2.35. The van der Waals surface area contributed by atoms with E-state index in [4.69, 9.17) is 5.11 Å². The van der Waals surface area contributed by atoms with Crippen LogP contribution in [0.25, 0.3) is 0 Å². The van der Waals surface area contributed by atoms with Crippen molar-refractivity contribution in [2.45, 2.75) is 13.3 Å². The average Bonchev–Trinajstić information content (AvgIpc) is 2.34. The molecule has 0 bridgehead atoms. The Balaban J connectivity index is 2.60. The lowest BCUT2D eigenvalue weighted by Gasteiger charge is -2.19. The van der Waals surface area contributed by atoms with Gasteiger partial charge in [-0.05, 0) is 25.1 Å². The molecule has 0 radical (unpaired) electrons. The quantitative estimate of drug-likeness (QED) is 0.793. The van der Waals surface area contributed by atoms with Crippen LogP contribution >= 0.6 is 0 Å². The number of anilines is 1. The molecule has 0 saturated carbocycles. The van der Waals surface area contributed by atoms with Gasteiger partial charge in [-0.2, -0.15) is 0 Å². The number of benzene rings is 1. The Kier molecular flexibility index (Phi) is 6.38. The van der Waals surface area contributed by atoms with E-state index < -0.39 is 17.5 Å². The number of hydrogen-bond acceptors (Lipinski definition) is 3. The minimum Gasteiger partial charge on any atom is -0.395 e. The summed E-state index contributed by atoms with van der Waals surface area (Å²) in [6.45, 7) is 2.95. The Morgan fingerprint density at radius 1 is 1.37 bits per heavy atom. The normalized spacial score (nSPS) is 10.8. The molecule has 0 saturated heterocycles. The summed E-state index contributed by atoms with van der Waals surface area (Å²) in [5.74, 6) is -1.73. The maximum absolute atomic E-state index is 13.3. The Morgan fingerprint density at radius 2 is 2.11 bits per heavy atom. The second kappa shape index (κ2) is 7.81. The number of carbonyl (C=O) groups excluding carboxylic acids is 1. The van der Waals surface area contributed by atoms with Crippen LogP contribution in [0.3, 0.4) is 0 Å². The molecule has 1 aromatic carbocycles. The highest BCUT2D eigenvalue weighted by Crippen LogP contribution is 2.15. The zero-order valence-electron chi connectivity index (χ0n) is 10.8. The smallest absolute Gasteiger partial charge is 0.238 e. The fourth-order valence-corrected chi connectivity index (χ4v) is 1.71. The van der Waals surface area contributed by atoms with Gasteiger partial charge in [-0.15, -0.1) is 0 Å². The second-order valence-electron chi connectivity index (χ2n) is 4.17. The number of halogens is 2. The number of nitrogens with one attached hydrogen (secondary N) is 1. The summed E-state index contributed by atoms with van der Waals surface area (Å²) >= 11 is 0. The summed E-state index contributed by atoms with van der Waals surface area (Å²) in [5, 5.41) is 11.2. The van der Waals surface area contributed by atoms with Gasteiger partial charge >= 0.3 is 0 Å². The number of aliphatic hydroxyl groups excluding tert-OH is 1. The van der Waals surface area contributed by atoms with Crippen molar-refractivity contribution in [1.29, 1.82) is 0 Å². The third-order valence-electron chi connectivity index (χ3n) is 2.53. The van der Waals surface area contributed by atoms with Crippen molar-refractivity contribution in [3.63, 3.8) is 0 Å². The van der Waals surface area contributed by atoms with E-state index >= 15 is 0 Å². The largest absolute Gasteiger partial charge is 0.395 e. The summed E-state index contributed by atoms with van der Waals surface area (Å²) in [6, 6.07) is 2.88. The number of amides is 1. The molecule has 0 aliphatic rings. The van der Waals surface area contributed by atoms with Crippen LogP contribution in [0, 0.1) is 11.6 Å². The highest BCUT2D eigenvalue weighted by Gasteiger charge is 2.12. The van der Waals surface area contributed by atoms with Gasteiger partial charge in [0.25, 0.3) is 0 Å². The van der Waals surface area contributed by atoms with Crippen LogP contribution in [-0.4, -0.2) is 42.2 Å². The third-order valence-corrected chi connectivity index (χ3v) is 2.53. The maximum Gasteiger partial charge on any atom is 0.238 e. The molecular weight excluding hydrogens is 254 g/mol. The molecule has 0 fully saturated rings. The Bertz CT molecular complexity index is 421. The van der Waals surface area contributed by atoms with Crippen LogP contribution in [0.1, 0.15) is 13.3 Å². The highest BCUT2D eigenvalue weighted by atomic mass is 19.1. The first-order valence-electron chi connectivity index (χ1n) is 6.15. The van der Waals surface area contributed by atoms with Crippen LogP contribution in [0.2, 0.25) is 0 Å². The molecule has 0 unspecified atom stereocenters. The zero-order valence-corrected chi connectivity index (χ0v) is 10.8. The number of hydrogen-bond donors (Lipinski definition) is 2. The van der Waals surface area contributed by atoms with Crippen molar-refractivity contribution in [3.8, 4) is 0 Å². The van der Waals surface area contributed by atoms with Crippen LogP contribution in [0.15, 0.2) is 18.2 Å². The summed E-state index contributed by atoms with van der Waals surface area (Å²) in [4.78, 5) is 13.5. The lowest BCUT2D eigenvalue weighted by atomic mass is 10.3. The van der Waals surface area contributed by atoms with E-state index in [2.05, 4.69) is 5.32 Å². The standard InChI is InChI=1S/C13H18F2N2O2/c1-2-5-17(6-7-18)9-13(19)16-12-8-10(14)3-4-11(12)15/h3-4,8,18H,2,5-7,9H2,1H3,(H,16,19). The van der Waals surface area contributed by atoms with Gasteiger partial charge in [0.2, 0.25) is 5.91 Å². The summed E-state index contributed by atoms with van der Waals surface area (Å²) in [7, 11) is 0. The maximum atomic E-state index is 13.3. The first-order chi connectivity index (χ1) is 9.06. The Labute approximate surface area is 111 Å². The van der Waals surface area contributed by atoms with E-state index in [9.17, 15) is 13.6 Å². The number of rotatable bonds is 7. The molecule has 6 heteroatoms. The molecule has 19 heavy (non-hydrogen) atoms. The Morgan fingerprint density at radius 3 is 2.74 bits per heavy atom. The van der Waals surface area contributed by atoms with Gasteiger partial charge in [0.05, 0.1) is 18.8 Å². The van der Waals surface area contributed by atoms with Crippen LogP contribution in [0.4, 0.5) is 14.5 Å². The van der Waals surface area contributed by atoms with E-state index in [1.807, 2.05) is 6.92 Å². The van der Waals surface area contributed by atoms with E-state index in [1.165, 1.54) is 0 Å². The van der Waals surface area contributed by atoms with Gasteiger partial charge in [-0.3, -0.25) is 9.69 Å². The fraction of sp³-hybridized carbons (Fsp3) is 0.462. The molecule has 106 valence electrons. The van der Waals surface area contributed by atoms with Gasteiger partial charge in [-0.1, -0.05) is 6.92 Å². The van der Waals surface area contributed by atoms with Gasteiger partial charge < -0.3 is 10.4 Å². The molecule has 1 amide bonds. The van der Waals surface area contributed by atoms with Crippen molar-refractivity contribution >= 4 is 11.6 Å². The summed E-state index contributed by atoms with van der Waals surface area (Å²) in [5.41, 5.74) is -0.176. The van der Waals surface area contributed by atoms with E-state index in [0.717, 1.165) is 24.6 Å². The third kappa shape index (κ3) is 5.32. The van der Waals surface area contributed by atoms with E-state index in [0.29, 0.717) is 13.1 Å². The molecular formula is C13H18F2N2O2. The number of carbonyl (C=O) groups is 1.